The molecule has 0 unspecified atom stereocenters. The molecule has 3 aliphatic rings. The molecule has 3 fully saturated rings. The molecule has 46 heavy (non-hydrogen) atoms. The summed E-state index contributed by atoms with van der Waals surface area (Å²) in [5, 5.41) is 7.49. The third-order valence-electron chi connectivity index (χ3n) is 9.55. The highest BCUT2D eigenvalue weighted by Gasteiger charge is 2.51. The number of hydrogen-bond donors (Lipinski definition) is 2. The molecule has 3 aromatic rings. The van der Waals surface area contributed by atoms with E-state index in [9.17, 15) is 18.0 Å². The molecule has 3 heterocycles. The lowest BCUT2D eigenvalue weighted by molar-refractivity contribution is -0.156. The van der Waals surface area contributed by atoms with Crippen LogP contribution >= 0.6 is 0 Å². The maximum absolute atomic E-state index is 13.3. The van der Waals surface area contributed by atoms with E-state index in [1.54, 1.807) is 13.2 Å². The number of piperidine rings is 1. The number of ether oxygens (including phenoxy) is 2. The number of likely N-dealkylation sites (tertiary alicyclic amines) is 1. The number of aromatic nitrogens is 3. The summed E-state index contributed by atoms with van der Waals surface area (Å²) in [5.41, 5.74) is 0.448. The quantitative estimate of drug-likeness (QED) is 0.220. The van der Waals surface area contributed by atoms with Crippen molar-refractivity contribution in [3.63, 3.8) is 0 Å². The van der Waals surface area contributed by atoms with E-state index in [-0.39, 0.29) is 35.7 Å². The predicted octanol–water partition coefficient (Wildman–Crippen LogP) is 3.49. The zero-order valence-electron chi connectivity index (χ0n) is 26.6. The van der Waals surface area contributed by atoms with Crippen molar-refractivity contribution in [1.29, 1.82) is 0 Å². The molecule has 2 N–H and O–H groups in total. The standard InChI is InChI=1S/C33H44N6O6S/c1-34-33(15-16-33)31(41)45-25-12-18-38(19-13-25)30(40)23-7-9-24(10-8-23)36-32-35-17-11-29(37-32)39-20-14-26-27(39)5-3-6-28(26)44-21-4-22-46(2,42)43/h3,5-6,11,14,17,20,23-25,34H,4,7-10,12-13,15-16,18-19,21-22H2,1-2H3,(H,35,36,37)/t23-,24-. The molecule has 6 rings (SSSR count). The Morgan fingerprint density at radius 2 is 1.80 bits per heavy atom. The molecular weight excluding hydrogens is 608 g/mol. The van der Waals surface area contributed by atoms with E-state index in [4.69, 9.17) is 14.5 Å². The van der Waals surface area contributed by atoms with Crippen molar-refractivity contribution in [1.82, 2.24) is 24.8 Å². The van der Waals surface area contributed by atoms with Crippen LogP contribution in [0.3, 0.4) is 0 Å². The fourth-order valence-electron chi connectivity index (χ4n) is 6.59. The summed E-state index contributed by atoms with van der Waals surface area (Å²) in [6.07, 6.45) is 11.6. The summed E-state index contributed by atoms with van der Waals surface area (Å²) in [5.74, 6) is 2.14. The lowest BCUT2D eigenvalue weighted by Crippen LogP contribution is -2.47. The smallest absolute Gasteiger partial charge is 0.326 e. The molecule has 0 spiro atoms. The Kier molecular flexibility index (Phi) is 9.51. The van der Waals surface area contributed by atoms with Gasteiger partial charge in [0, 0.05) is 61.9 Å². The van der Waals surface area contributed by atoms with Gasteiger partial charge >= 0.3 is 5.97 Å². The second-order valence-electron chi connectivity index (χ2n) is 12.9. The monoisotopic (exact) mass is 652 g/mol. The molecule has 12 nitrogen and oxygen atoms in total. The van der Waals surface area contributed by atoms with Gasteiger partial charge < -0.3 is 29.6 Å². The highest BCUT2D eigenvalue weighted by atomic mass is 32.2. The molecule has 0 radical (unpaired) electrons. The van der Waals surface area contributed by atoms with Crippen LogP contribution in [0.25, 0.3) is 16.7 Å². The van der Waals surface area contributed by atoms with Crippen molar-refractivity contribution >= 4 is 38.6 Å². The van der Waals surface area contributed by atoms with Gasteiger partial charge in [-0.1, -0.05) is 6.07 Å². The second kappa shape index (κ2) is 13.6. The van der Waals surface area contributed by atoms with E-state index < -0.39 is 15.4 Å². The SMILES string of the molecule is CNC1(C(=O)OC2CCN(C(=O)[C@H]3CC[C@H](Nc4nccc(-n5ccc6c(OCCCS(C)(=O)=O)cccc65)n4)CC3)CC2)CC1. The molecular formula is C33H44N6O6S. The molecule has 1 amide bonds. The van der Waals surface area contributed by atoms with Crippen molar-refractivity contribution in [3.05, 3.63) is 42.7 Å². The van der Waals surface area contributed by atoms with Crippen LogP contribution < -0.4 is 15.4 Å². The fraction of sp³-hybridized carbons (Fsp3) is 0.576. The normalized spacial score (nSPS) is 21.6. The Morgan fingerprint density at radius 3 is 2.50 bits per heavy atom. The number of fused-ring (bicyclic) bond motifs is 1. The van der Waals surface area contributed by atoms with Gasteiger partial charge in [-0.25, -0.2) is 13.4 Å². The highest BCUT2D eigenvalue weighted by molar-refractivity contribution is 7.90. The van der Waals surface area contributed by atoms with E-state index in [1.165, 1.54) is 6.26 Å². The molecule has 2 aliphatic carbocycles. The van der Waals surface area contributed by atoms with Crippen LogP contribution in [0.15, 0.2) is 42.7 Å². The van der Waals surface area contributed by atoms with Gasteiger partial charge in [0.1, 0.15) is 33.0 Å². The number of carbonyl (C=O) groups is 2. The Morgan fingerprint density at radius 1 is 1.04 bits per heavy atom. The van der Waals surface area contributed by atoms with Gasteiger partial charge in [-0.15, -0.1) is 0 Å². The number of anilines is 1. The Hall–Kier alpha value is -3.71. The Balaban J connectivity index is 0.990. The highest BCUT2D eigenvalue weighted by Crippen LogP contribution is 2.37. The number of hydrogen-bond acceptors (Lipinski definition) is 10. The third kappa shape index (κ3) is 7.46. The Labute approximate surface area is 270 Å². The third-order valence-corrected chi connectivity index (χ3v) is 10.6. The number of carbonyl (C=O) groups excluding carboxylic acids is 2. The van der Waals surface area contributed by atoms with Crippen LogP contribution in [0.1, 0.15) is 57.8 Å². The number of benzene rings is 1. The van der Waals surface area contributed by atoms with E-state index in [0.717, 1.165) is 55.2 Å². The number of amides is 1. The maximum Gasteiger partial charge on any atom is 0.326 e. The number of esters is 1. The van der Waals surface area contributed by atoms with Crippen LogP contribution in [0.5, 0.6) is 5.75 Å². The lowest BCUT2D eigenvalue weighted by atomic mass is 9.85. The van der Waals surface area contributed by atoms with Crippen LogP contribution in [-0.2, 0) is 24.2 Å². The summed E-state index contributed by atoms with van der Waals surface area (Å²) < 4.78 is 36.5. The van der Waals surface area contributed by atoms with Crippen molar-refractivity contribution in [3.8, 4) is 11.6 Å². The van der Waals surface area contributed by atoms with E-state index in [1.807, 2.05) is 46.0 Å². The second-order valence-corrected chi connectivity index (χ2v) is 15.2. The first-order chi connectivity index (χ1) is 22.1. The molecule has 0 atom stereocenters. The minimum Gasteiger partial charge on any atom is -0.493 e. The largest absolute Gasteiger partial charge is 0.493 e. The number of sulfone groups is 1. The topological polar surface area (TPSA) is 145 Å². The van der Waals surface area contributed by atoms with Gasteiger partial charge in [0.05, 0.1) is 17.9 Å². The van der Waals surface area contributed by atoms with E-state index in [0.29, 0.717) is 50.7 Å². The van der Waals surface area contributed by atoms with Crippen molar-refractivity contribution < 1.29 is 27.5 Å². The van der Waals surface area contributed by atoms with Crippen LogP contribution in [0.4, 0.5) is 5.95 Å². The van der Waals surface area contributed by atoms with Gasteiger partial charge in [0.2, 0.25) is 11.9 Å². The number of nitrogens with zero attached hydrogens (tertiary/aromatic N) is 4. The summed E-state index contributed by atoms with van der Waals surface area (Å²) in [6, 6.07) is 9.80. The molecule has 0 bridgehead atoms. The van der Waals surface area contributed by atoms with Gasteiger partial charge in [0.15, 0.2) is 0 Å². The van der Waals surface area contributed by atoms with Crippen molar-refractivity contribution in [2.24, 2.45) is 5.92 Å². The summed E-state index contributed by atoms with van der Waals surface area (Å²) >= 11 is 0. The lowest BCUT2D eigenvalue weighted by Gasteiger charge is -2.36. The number of likely N-dealkylation sites (N-methyl/N-ethyl adjacent to an activating group) is 1. The summed E-state index contributed by atoms with van der Waals surface area (Å²) in [4.78, 5) is 37.0. The minimum atomic E-state index is -3.02. The molecule has 2 aromatic heterocycles. The first kappa shape index (κ1) is 32.2. The predicted molar refractivity (Wildman–Crippen MR) is 175 cm³/mol. The molecule has 1 aromatic carbocycles. The fourth-order valence-corrected chi connectivity index (χ4v) is 7.23. The molecule has 248 valence electrons. The number of rotatable bonds is 12. The summed E-state index contributed by atoms with van der Waals surface area (Å²) in [7, 11) is -1.22. The van der Waals surface area contributed by atoms with E-state index in [2.05, 4.69) is 15.6 Å². The zero-order valence-corrected chi connectivity index (χ0v) is 27.4. The van der Waals surface area contributed by atoms with Crippen molar-refractivity contribution in [2.75, 3.05) is 44.1 Å². The van der Waals surface area contributed by atoms with Gasteiger partial charge in [-0.2, -0.15) is 4.98 Å². The first-order valence-electron chi connectivity index (χ1n) is 16.3. The molecule has 1 saturated heterocycles. The van der Waals surface area contributed by atoms with Gasteiger partial charge in [-0.3, -0.25) is 9.59 Å². The average molecular weight is 653 g/mol. The molecule has 2 saturated carbocycles. The van der Waals surface area contributed by atoms with Crippen molar-refractivity contribution in [2.45, 2.75) is 75.5 Å². The van der Waals surface area contributed by atoms with Gasteiger partial charge in [0.25, 0.3) is 0 Å². The first-order valence-corrected chi connectivity index (χ1v) is 18.4. The maximum atomic E-state index is 13.3. The van der Waals surface area contributed by atoms with Crippen LogP contribution in [-0.4, -0.2) is 96.2 Å². The molecule has 1 aliphatic heterocycles. The van der Waals surface area contributed by atoms with E-state index >= 15 is 0 Å². The average Bonchev–Trinajstić information content (AvgIpc) is 3.74. The molecule has 13 heteroatoms. The Bertz CT molecular complexity index is 1660. The summed E-state index contributed by atoms with van der Waals surface area (Å²) in [6.45, 7) is 1.58. The van der Waals surface area contributed by atoms with Crippen LogP contribution in [0, 0.1) is 5.92 Å². The number of nitrogens with one attached hydrogen (secondary N) is 2. The zero-order chi connectivity index (χ0) is 32.3. The van der Waals surface area contributed by atoms with Crippen LogP contribution in [0.2, 0.25) is 0 Å². The minimum absolute atomic E-state index is 0.0115. The van der Waals surface area contributed by atoms with Gasteiger partial charge in [-0.05, 0) is 76.3 Å².